The molecule has 0 unspecified atom stereocenters. The number of hydrogen-bond acceptors (Lipinski definition) is 3. The van der Waals surface area contributed by atoms with Crippen LogP contribution in [-0.4, -0.2) is 26.6 Å². The summed E-state index contributed by atoms with van der Waals surface area (Å²) in [5.41, 5.74) is 2.51. The number of sulfonamides is 1. The average Bonchev–Trinajstić information content (AvgIpc) is 2.74. The van der Waals surface area contributed by atoms with Crippen LogP contribution in [0.3, 0.4) is 0 Å². The van der Waals surface area contributed by atoms with Gasteiger partial charge in [0.1, 0.15) is 6.04 Å². The minimum Gasteiger partial charge on any atom is -0.343 e. The summed E-state index contributed by atoms with van der Waals surface area (Å²) >= 11 is 0. The largest absolute Gasteiger partial charge is 0.343 e. The molecule has 0 aliphatic rings. The lowest BCUT2D eigenvalue weighted by Gasteiger charge is -2.30. The van der Waals surface area contributed by atoms with E-state index in [9.17, 15) is 22.0 Å². The third-order valence-corrected chi connectivity index (χ3v) is 6.28. The van der Waals surface area contributed by atoms with E-state index in [1.54, 1.807) is 0 Å². The molecule has 3 aromatic rings. The van der Waals surface area contributed by atoms with Crippen molar-refractivity contribution < 1.29 is 22.0 Å². The summed E-state index contributed by atoms with van der Waals surface area (Å²) in [6.07, 6.45) is 0.910. The van der Waals surface area contributed by atoms with E-state index in [1.165, 1.54) is 6.92 Å². The van der Waals surface area contributed by atoms with Gasteiger partial charge in [-0.3, -0.25) is 9.10 Å². The summed E-state index contributed by atoms with van der Waals surface area (Å²) in [6, 6.07) is 17.9. The maximum Gasteiger partial charge on any atom is 0.244 e. The van der Waals surface area contributed by atoms with Crippen LogP contribution in [0.15, 0.2) is 72.8 Å². The van der Waals surface area contributed by atoms with E-state index in [-0.39, 0.29) is 5.69 Å². The third kappa shape index (κ3) is 5.31. The molecule has 0 radical (unpaired) electrons. The first kappa shape index (κ1) is 23.4. The molecule has 3 rings (SSSR count). The van der Waals surface area contributed by atoms with E-state index in [4.69, 9.17) is 0 Å². The van der Waals surface area contributed by atoms with E-state index < -0.39 is 39.6 Å². The number of aryl methyl sites for hydroxylation is 1. The van der Waals surface area contributed by atoms with Crippen molar-refractivity contribution in [1.29, 1.82) is 0 Å². The van der Waals surface area contributed by atoms with Crippen molar-refractivity contribution in [1.82, 2.24) is 5.32 Å². The average molecular weight is 459 g/mol. The zero-order valence-electron chi connectivity index (χ0n) is 17.9. The topological polar surface area (TPSA) is 66.5 Å². The van der Waals surface area contributed by atoms with Crippen LogP contribution in [-0.2, 0) is 14.8 Å². The molecule has 1 amide bonds. The van der Waals surface area contributed by atoms with Crippen LogP contribution in [0, 0.1) is 18.6 Å². The fourth-order valence-corrected chi connectivity index (χ4v) is 4.71. The second-order valence-corrected chi connectivity index (χ2v) is 9.46. The van der Waals surface area contributed by atoms with Gasteiger partial charge in [0.2, 0.25) is 15.9 Å². The van der Waals surface area contributed by atoms with Gasteiger partial charge in [-0.2, -0.15) is 0 Å². The standard InChI is InChI=1S/C24H24F2N2O3S/c1-16-8-7-11-19(14-16)23(18-9-5-4-6-10-18)27-24(29)17(2)28(32(3,30)31)20-12-13-21(25)22(26)15-20/h4-15,17,23H,1-3H3,(H,27,29)/t17-,23-/m0/s1. The smallest absolute Gasteiger partial charge is 0.244 e. The Morgan fingerprint density at radius 1 is 0.906 bits per heavy atom. The monoisotopic (exact) mass is 458 g/mol. The van der Waals surface area contributed by atoms with Crippen LogP contribution >= 0.6 is 0 Å². The van der Waals surface area contributed by atoms with Gasteiger partial charge in [-0.15, -0.1) is 0 Å². The van der Waals surface area contributed by atoms with Crippen molar-refractivity contribution in [3.05, 3.63) is 101 Å². The van der Waals surface area contributed by atoms with Crippen LogP contribution in [0.1, 0.15) is 29.7 Å². The fraction of sp³-hybridized carbons (Fsp3) is 0.208. The minimum absolute atomic E-state index is 0.138. The lowest BCUT2D eigenvalue weighted by molar-refractivity contribution is -0.122. The maximum absolute atomic E-state index is 13.8. The molecule has 0 heterocycles. The number of nitrogens with one attached hydrogen (secondary N) is 1. The Morgan fingerprint density at radius 2 is 1.56 bits per heavy atom. The van der Waals surface area contributed by atoms with Crippen molar-refractivity contribution in [3.8, 4) is 0 Å². The van der Waals surface area contributed by atoms with Gasteiger partial charge < -0.3 is 5.32 Å². The molecule has 1 N–H and O–H groups in total. The number of halogens is 2. The summed E-state index contributed by atoms with van der Waals surface area (Å²) in [4.78, 5) is 13.2. The molecule has 5 nitrogen and oxygen atoms in total. The van der Waals surface area contributed by atoms with E-state index in [2.05, 4.69) is 5.32 Å². The van der Waals surface area contributed by atoms with Crippen LogP contribution in [0.25, 0.3) is 0 Å². The highest BCUT2D eigenvalue weighted by Crippen LogP contribution is 2.26. The highest BCUT2D eigenvalue weighted by atomic mass is 32.2. The first-order valence-electron chi connectivity index (χ1n) is 9.94. The summed E-state index contributed by atoms with van der Waals surface area (Å²) < 4.78 is 52.9. The lowest BCUT2D eigenvalue weighted by Crippen LogP contribution is -2.48. The van der Waals surface area contributed by atoms with E-state index in [0.717, 1.165) is 45.5 Å². The molecule has 0 saturated heterocycles. The predicted molar refractivity (Wildman–Crippen MR) is 121 cm³/mol. The number of amides is 1. The molecule has 0 saturated carbocycles. The number of benzene rings is 3. The first-order chi connectivity index (χ1) is 15.1. The maximum atomic E-state index is 13.8. The fourth-order valence-electron chi connectivity index (χ4n) is 3.55. The van der Waals surface area contributed by atoms with Crippen molar-refractivity contribution >= 4 is 21.6 Å². The van der Waals surface area contributed by atoms with Gasteiger partial charge in [-0.25, -0.2) is 17.2 Å². The summed E-state index contributed by atoms with van der Waals surface area (Å²) in [5, 5.41) is 2.91. The number of anilines is 1. The Labute approximate surface area is 186 Å². The van der Waals surface area contributed by atoms with E-state index >= 15 is 0 Å². The SMILES string of the molecule is Cc1cccc([C@@H](NC(=O)[C@H](C)N(c2ccc(F)c(F)c2)S(C)(=O)=O)c2ccccc2)c1. The molecule has 0 bridgehead atoms. The van der Waals surface area contributed by atoms with Gasteiger partial charge in [-0.05, 0) is 37.1 Å². The summed E-state index contributed by atoms with van der Waals surface area (Å²) in [7, 11) is -3.98. The highest BCUT2D eigenvalue weighted by Gasteiger charge is 2.31. The first-order valence-corrected chi connectivity index (χ1v) is 11.8. The van der Waals surface area contributed by atoms with Gasteiger partial charge in [-0.1, -0.05) is 60.2 Å². The zero-order chi connectivity index (χ0) is 23.5. The molecular formula is C24H24F2N2O3S. The molecule has 32 heavy (non-hydrogen) atoms. The molecule has 0 aliphatic heterocycles. The number of carbonyl (C=O) groups is 1. The molecular weight excluding hydrogens is 434 g/mol. The Balaban J connectivity index is 1.97. The van der Waals surface area contributed by atoms with Crippen molar-refractivity contribution in [2.45, 2.75) is 25.9 Å². The van der Waals surface area contributed by atoms with Crippen LogP contribution in [0.4, 0.5) is 14.5 Å². The quantitative estimate of drug-likeness (QED) is 0.573. The second kappa shape index (κ2) is 9.48. The van der Waals surface area contributed by atoms with Gasteiger partial charge in [0, 0.05) is 6.07 Å². The predicted octanol–water partition coefficient (Wildman–Crippen LogP) is 4.33. The Morgan fingerprint density at radius 3 is 2.16 bits per heavy atom. The van der Waals surface area contributed by atoms with Gasteiger partial charge in [0.15, 0.2) is 11.6 Å². The molecule has 0 fully saturated rings. The second-order valence-electron chi connectivity index (χ2n) is 7.60. The third-order valence-electron chi connectivity index (χ3n) is 5.04. The molecule has 8 heteroatoms. The van der Waals surface area contributed by atoms with Crippen LogP contribution in [0.5, 0.6) is 0 Å². The summed E-state index contributed by atoms with van der Waals surface area (Å²) in [6.45, 7) is 3.33. The van der Waals surface area contributed by atoms with Gasteiger partial charge in [0.25, 0.3) is 0 Å². The Hall–Kier alpha value is -3.26. The number of nitrogens with zero attached hydrogens (tertiary/aromatic N) is 1. The molecule has 0 aliphatic carbocycles. The Kier molecular flexibility index (Phi) is 6.93. The van der Waals surface area contributed by atoms with Crippen molar-refractivity contribution in [3.63, 3.8) is 0 Å². The number of rotatable bonds is 7. The van der Waals surface area contributed by atoms with E-state index in [0.29, 0.717) is 0 Å². The molecule has 0 spiro atoms. The molecule has 2 atom stereocenters. The zero-order valence-corrected chi connectivity index (χ0v) is 18.7. The number of carbonyl (C=O) groups excluding carboxylic acids is 1. The highest BCUT2D eigenvalue weighted by molar-refractivity contribution is 7.92. The number of hydrogen-bond donors (Lipinski definition) is 1. The summed E-state index contributed by atoms with van der Waals surface area (Å²) in [5.74, 6) is -2.90. The molecule has 0 aromatic heterocycles. The van der Waals surface area contributed by atoms with Gasteiger partial charge in [0.05, 0.1) is 18.0 Å². The normalized spacial score (nSPS) is 13.3. The van der Waals surface area contributed by atoms with E-state index in [1.807, 2.05) is 61.5 Å². The van der Waals surface area contributed by atoms with Crippen molar-refractivity contribution in [2.75, 3.05) is 10.6 Å². The Bertz CT molecular complexity index is 1220. The molecule has 168 valence electrons. The van der Waals surface area contributed by atoms with Crippen molar-refractivity contribution in [2.24, 2.45) is 0 Å². The van der Waals surface area contributed by atoms with Gasteiger partial charge >= 0.3 is 0 Å². The van der Waals surface area contributed by atoms with Crippen LogP contribution in [0.2, 0.25) is 0 Å². The van der Waals surface area contributed by atoms with Crippen LogP contribution < -0.4 is 9.62 Å². The minimum atomic E-state index is -3.98. The molecule has 3 aromatic carbocycles. The lowest BCUT2D eigenvalue weighted by atomic mass is 9.97.